The number of nitrogens with two attached hydrogens (primary N) is 1. The Morgan fingerprint density at radius 3 is 2.47 bits per heavy atom. The molecule has 0 aliphatic carbocycles. The summed E-state index contributed by atoms with van der Waals surface area (Å²) in [5, 5.41) is 7.85. The first-order valence-corrected chi connectivity index (χ1v) is 12.6. The van der Waals surface area contributed by atoms with Crippen LogP contribution in [0.4, 0.5) is 5.82 Å². The van der Waals surface area contributed by atoms with Gasteiger partial charge in [0, 0.05) is 32.7 Å². The fraction of sp³-hybridized carbons (Fsp3) is 0.350. The van der Waals surface area contributed by atoms with Crippen LogP contribution in [0.3, 0.4) is 0 Å². The largest absolute Gasteiger partial charge is 0.411 e. The number of Topliss-reactive ketones (excluding diaryl/α,β-unsaturated/α-hetero) is 1. The first-order chi connectivity index (χ1) is 16.0. The van der Waals surface area contributed by atoms with E-state index in [9.17, 15) is 22.8 Å². The van der Waals surface area contributed by atoms with Crippen molar-refractivity contribution in [3.63, 3.8) is 0 Å². The Morgan fingerprint density at radius 2 is 1.82 bits per heavy atom. The molecule has 0 bridgehead atoms. The van der Waals surface area contributed by atoms with Crippen molar-refractivity contribution < 1.29 is 17.6 Å². The molecule has 12 nitrogen and oxygen atoms in total. The number of ketones is 1. The zero-order chi connectivity index (χ0) is 25.2. The number of carbonyl (C=O) groups is 1. The molecule has 182 valence electrons. The lowest BCUT2D eigenvalue weighted by molar-refractivity contribution is 0.102. The third-order valence-corrected chi connectivity index (χ3v) is 8.01. The van der Waals surface area contributed by atoms with E-state index in [1.54, 1.807) is 26.0 Å². The lowest BCUT2D eigenvalue weighted by Crippen LogP contribution is -2.41. The van der Waals surface area contributed by atoms with Crippen molar-refractivity contribution in [1.29, 1.82) is 0 Å². The highest BCUT2D eigenvalue weighted by atomic mass is 32.2. The van der Waals surface area contributed by atoms with Crippen LogP contribution in [0.5, 0.6) is 0 Å². The minimum atomic E-state index is -3.67. The third-order valence-electron chi connectivity index (χ3n) is 5.15. The van der Waals surface area contributed by atoms with Gasteiger partial charge in [0.15, 0.2) is 5.78 Å². The van der Waals surface area contributed by atoms with Crippen molar-refractivity contribution in [2.75, 3.05) is 24.6 Å². The van der Waals surface area contributed by atoms with Gasteiger partial charge in [0.05, 0.1) is 10.6 Å². The van der Waals surface area contributed by atoms with Gasteiger partial charge in [0.25, 0.3) is 10.8 Å². The Balaban J connectivity index is 1.81. The second kappa shape index (κ2) is 9.95. The maximum atomic E-state index is 12.8. The summed E-state index contributed by atoms with van der Waals surface area (Å²) in [5.74, 6) is -0.999. The highest BCUT2D eigenvalue weighted by Crippen LogP contribution is 2.26. The van der Waals surface area contributed by atoms with Crippen LogP contribution in [0, 0.1) is 0 Å². The first-order valence-electron chi connectivity index (χ1n) is 10.2. The van der Waals surface area contributed by atoms with E-state index >= 15 is 0 Å². The van der Waals surface area contributed by atoms with Gasteiger partial charge in [-0.3, -0.25) is 18.7 Å². The van der Waals surface area contributed by atoms with Crippen molar-refractivity contribution in [3.8, 4) is 11.5 Å². The van der Waals surface area contributed by atoms with Gasteiger partial charge in [-0.15, -0.1) is 10.2 Å². The average Bonchev–Trinajstić information content (AvgIpc) is 3.30. The van der Waals surface area contributed by atoms with Gasteiger partial charge in [-0.05, 0) is 18.2 Å². The summed E-state index contributed by atoms with van der Waals surface area (Å²) in [6.45, 7) is 4.18. The van der Waals surface area contributed by atoms with Crippen molar-refractivity contribution in [2.24, 2.45) is 14.1 Å². The zero-order valence-electron chi connectivity index (χ0n) is 19.0. The molecule has 0 aliphatic heterocycles. The number of rotatable bonds is 9. The Bertz CT molecular complexity index is 1450. The molecule has 0 aliphatic rings. The van der Waals surface area contributed by atoms with E-state index < -0.39 is 27.1 Å². The van der Waals surface area contributed by atoms with Crippen LogP contribution in [0.25, 0.3) is 11.5 Å². The van der Waals surface area contributed by atoms with Gasteiger partial charge in [0.2, 0.25) is 15.9 Å². The van der Waals surface area contributed by atoms with Crippen LogP contribution in [0.1, 0.15) is 24.2 Å². The normalized spacial score (nSPS) is 11.8. The molecule has 1 aromatic carbocycles. The Kier molecular flexibility index (Phi) is 7.43. The molecule has 0 saturated heterocycles. The molecule has 0 spiro atoms. The minimum Gasteiger partial charge on any atom is -0.411 e. The van der Waals surface area contributed by atoms with Crippen LogP contribution in [0.15, 0.2) is 48.4 Å². The predicted molar refractivity (Wildman–Crippen MR) is 126 cm³/mol. The summed E-state index contributed by atoms with van der Waals surface area (Å²) < 4.78 is 34.3. The molecular weight excluding hydrogens is 484 g/mol. The summed E-state index contributed by atoms with van der Waals surface area (Å²) in [7, 11) is -1.05. The van der Waals surface area contributed by atoms with Crippen LogP contribution >= 0.6 is 11.8 Å². The molecule has 34 heavy (non-hydrogen) atoms. The maximum absolute atomic E-state index is 12.8. The number of nitrogen functional groups attached to an aromatic ring is 1. The van der Waals surface area contributed by atoms with Crippen molar-refractivity contribution in [3.05, 3.63) is 50.7 Å². The lowest BCUT2D eigenvalue weighted by Gasteiger charge is -2.18. The molecular formula is C20H24N6O6S2. The predicted octanol–water partition coefficient (Wildman–Crippen LogP) is 0.722. The van der Waals surface area contributed by atoms with E-state index in [0.717, 1.165) is 20.9 Å². The zero-order valence-corrected chi connectivity index (χ0v) is 20.6. The quantitative estimate of drug-likeness (QED) is 0.322. The summed E-state index contributed by atoms with van der Waals surface area (Å²) >= 11 is 0.887. The number of nitrogens with zero attached hydrogens (tertiary/aromatic N) is 5. The lowest BCUT2D eigenvalue weighted by atomic mass is 10.2. The second-order valence-electron chi connectivity index (χ2n) is 7.17. The monoisotopic (exact) mass is 508 g/mol. The van der Waals surface area contributed by atoms with E-state index in [0.29, 0.717) is 18.7 Å². The minimum absolute atomic E-state index is 0.0422. The van der Waals surface area contributed by atoms with Crippen molar-refractivity contribution >= 4 is 33.4 Å². The van der Waals surface area contributed by atoms with Gasteiger partial charge in [-0.1, -0.05) is 31.7 Å². The topological polar surface area (TPSA) is 163 Å². The SMILES string of the molecule is CCN(CC)S(=O)(=O)c1cccc(-c2nnc(SCC(=O)c3c(N)n(C)c(=O)n(C)c3=O)o2)c1. The molecule has 0 atom stereocenters. The summed E-state index contributed by atoms with van der Waals surface area (Å²) in [6, 6.07) is 6.13. The Labute approximate surface area is 199 Å². The fourth-order valence-electron chi connectivity index (χ4n) is 3.21. The average molecular weight is 509 g/mol. The number of sulfonamides is 1. The van der Waals surface area contributed by atoms with Crippen LogP contribution in [-0.2, 0) is 24.1 Å². The number of anilines is 1. The van der Waals surface area contributed by atoms with Crippen LogP contribution < -0.4 is 17.0 Å². The second-order valence-corrected chi connectivity index (χ2v) is 10.0. The van der Waals surface area contributed by atoms with Crippen molar-refractivity contribution in [2.45, 2.75) is 24.0 Å². The number of benzene rings is 1. The third kappa shape index (κ3) is 4.69. The number of thioether (sulfide) groups is 1. The molecule has 0 fully saturated rings. The molecule has 0 radical (unpaired) electrons. The standard InChI is InChI=1S/C20H24N6O6S2/c1-5-26(6-2)34(30,31)13-9-7-8-12(10-13)17-22-23-19(32-17)33-11-14(27)15-16(21)24(3)20(29)25(4)18(15)28/h7-10H,5-6,11,21H2,1-4H3. The van der Waals surface area contributed by atoms with E-state index in [-0.39, 0.29) is 33.1 Å². The molecule has 3 aromatic rings. The van der Waals surface area contributed by atoms with Crippen LogP contribution in [0.2, 0.25) is 0 Å². The van der Waals surface area contributed by atoms with E-state index in [4.69, 9.17) is 10.2 Å². The maximum Gasteiger partial charge on any atom is 0.332 e. The summed E-state index contributed by atoms with van der Waals surface area (Å²) in [4.78, 5) is 37.0. The van der Waals surface area contributed by atoms with Gasteiger partial charge >= 0.3 is 5.69 Å². The number of hydrogen-bond donors (Lipinski definition) is 1. The van der Waals surface area contributed by atoms with Crippen molar-refractivity contribution in [1.82, 2.24) is 23.6 Å². The molecule has 2 aromatic heterocycles. The van der Waals surface area contributed by atoms with E-state index in [1.807, 2.05) is 0 Å². The molecule has 3 rings (SSSR count). The van der Waals surface area contributed by atoms with E-state index in [2.05, 4.69) is 10.2 Å². The molecule has 14 heteroatoms. The van der Waals surface area contributed by atoms with Crippen LogP contribution in [-0.4, -0.2) is 56.7 Å². The number of hydrogen-bond acceptors (Lipinski definition) is 10. The molecule has 2 N–H and O–H groups in total. The molecule has 0 amide bonds. The summed E-state index contributed by atoms with van der Waals surface area (Å²) in [6.07, 6.45) is 0. The first kappa shape index (κ1) is 25.4. The van der Waals surface area contributed by atoms with E-state index in [1.165, 1.54) is 30.5 Å². The van der Waals surface area contributed by atoms with Gasteiger partial charge < -0.3 is 10.2 Å². The summed E-state index contributed by atoms with van der Waals surface area (Å²) in [5.41, 5.74) is 4.48. The van der Waals surface area contributed by atoms with Gasteiger partial charge in [-0.2, -0.15) is 4.31 Å². The molecule has 0 unspecified atom stereocenters. The number of aromatic nitrogens is 4. The fourth-order valence-corrected chi connectivity index (χ4v) is 5.35. The van der Waals surface area contributed by atoms with Gasteiger partial charge in [-0.25, -0.2) is 13.2 Å². The highest BCUT2D eigenvalue weighted by molar-refractivity contribution is 7.99. The molecule has 0 saturated carbocycles. The molecule has 2 heterocycles. The smallest absolute Gasteiger partial charge is 0.332 e. The number of carbonyl (C=O) groups excluding carboxylic acids is 1. The Hall–Kier alpha value is -3.23. The highest BCUT2D eigenvalue weighted by Gasteiger charge is 2.24. The Morgan fingerprint density at radius 1 is 1.15 bits per heavy atom. The van der Waals surface area contributed by atoms with Gasteiger partial charge in [0.1, 0.15) is 11.4 Å².